The second-order valence-electron chi connectivity index (χ2n) is 3.72. The Balaban J connectivity index is 2.14. The number of ether oxygens (including phenoxy) is 1. The molecule has 0 radical (unpaired) electrons. The summed E-state index contributed by atoms with van der Waals surface area (Å²) in [6, 6.07) is 1.75. The first kappa shape index (κ1) is 12.7. The smallest absolute Gasteiger partial charge is 0.263 e. The fraction of sp³-hybridized carbons (Fsp3) is 0.400. The van der Waals surface area contributed by atoms with Gasteiger partial charge in [-0.25, -0.2) is 0 Å². The van der Waals surface area contributed by atoms with Gasteiger partial charge < -0.3 is 10.1 Å². The molecule has 2 rings (SSSR count). The number of amides is 1. The van der Waals surface area contributed by atoms with E-state index in [1.165, 1.54) is 22.3 Å². The van der Waals surface area contributed by atoms with Crippen LogP contribution in [0, 0.1) is 0 Å². The lowest BCUT2D eigenvalue weighted by atomic mass is 10.3. The number of carbonyl (C=O) groups excluding carboxylic acids is 1. The number of carbonyl (C=O) groups is 1. The molecule has 8 heteroatoms. The second-order valence-corrected chi connectivity index (χ2v) is 4.64. The van der Waals surface area contributed by atoms with E-state index in [4.69, 9.17) is 4.74 Å². The van der Waals surface area contributed by atoms with Gasteiger partial charge >= 0.3 is 0 Å². The molecular formula is C10H13N5O2S. The van der Waals surface area contributed by atoms with Gasteiger partial charge in [-0.05, 0) is 28.8 Å². The van der Waals surface area contributed by atoms with Crippen LogP contribution in [0.5, 0.6) is 0 Å². The van der Waals surface area contributed by atoms with Crippen LogP contribution in [-0.2, 0) is 4.74 Å². The molecule has 1 amide bonds. The first-order valence-electron chi connectivity index (χ1n) is 5.33. The highest BCUT2D eigenvalue weighted by molar-refractivity contribution is 7.12. The molecule has 0 bridgehead atoms. The minimum atomic E-state index is -0.153. The van der Waals surface area contributed by atoms with Gasteiger partial charge in [-0.1, -0.05) is 0 Å². The maximum Gasteiger partial charge on any atom is 0.263 e. The number of hydrogen-bond donors (Lipinski definition) is 1. The first-order chi connectivity index (χ1) is 8.72. The largest absolute Gasteiger partial charge is 0.383 e. The van der Waals surface area contributed by atoms with E-state index in [-0.39, 0.29) is 11.9 Å². The normalized spacial score (nSPS) is 12.3. The summed E-state index contributed by atoms with van der Waals surface area (Å²) in [4.78, 5) is 12.6. The van der Waals surface area contributed by atoms with E-state index in [1.54, 1.807) is 13.2 Å². The van der Waals surface area contributed by atoms with Gasteiger partial charge in [0.05, 0.1) is 12.3 Å². The number of thiophene rings is 1. The molecule has 1 atom stereocenters. The Morgan fingerprint density at radius 1 is 1.67 bits per heavy atom. The molecular weight excluding hydrogens is 254 g/mol. The Morgan fingerprint density at radius 3 is 3.17 bits per heavy atom. The van der Waals surface area contributed by atoms with Crippen LogP contribution in [-0.4, -0.2) is 45.9 Å². The summed E-state index contributed by atoms with van der Waals surface area (Å²) >= 11 is 1.35. The summed E-state index contributed by atoms with van der Waals surface area (Å²) < 4.78 is 6.44. The van der Waals surface area contributed by atoms with E-state index in [0.29, 0.717) is 17.2 Å². The maximum atomic E-state index is 12.1. The Bertz CT molecular complexity index is 510. The van der Waals surface area contributed by atoms with Gasteiger partial charge in [0.15, 0.2) is 0 Å². The summed E-state index contributed by atoms with van der Waals surface area (Å²) in [6.45, 7) is 2.35. The van der Waals surface area contributed by atoms with Gasteiger partial charge in [0.25, 0.3) is 5.91 Å². The standard InChI is InChI=1S/C10H13N5O2S/c1-7(5-17-2)12-10(16)9-8(3-4-18-9)15-6-11-13-14-15/h3-4,6-7H,5H2,1-2H3,(H,12,16)/t7-/m1/s1. The van der Waals surface area contributed by atoms with Crippen molar-refractivity contribution in [1.29, 1.82) is 0 Å². The lowest BCUT2D eigenvalue weighted by Gasteiger charge is -2.12. The molecule has 7 nitrogen and oxygen atoms in total. The summed E-state index contributed by atoms with van der Waals surface area (Å²) in [5.74, 6) is -0.153. The number of hydrogen-bond acceptors (Lipinski definition) is 6. The van der Waals surface area contributed by atoms with Gasteiger partial charge in [-0.2, -0.15) is 4.68 Å². The van der Waals surface area contributed by atoms with Crippen molar-refractivity contribution in [2.75, 3.05) is 13.7 Å². The molecule has 0 saturated carbocycles. The Kier molecular flexibility index (Phi) is 4.00. The molecule has 0 aliphatic carbocycles. The first-order valence-corrected chi connectivity index (χ1v) is 6.21. The van der Waals surface area contributed by atoms with Crippen LogP contribution >= 0.6 is 11.3 Å². The van der Waals surface area contributed by atoms with Gasteiger partial charge in [0, 0.05) is 13.2 Å². The number of tetrazole rings is 1. The molecule has 0 fully saturated rings. The van der Waals surface area contributed by atoms with Gasteiger partial charge in [0.2, 0.25) is 0 Å². The predicted octanol–water partition coefficient (Wildman–Crippen LogP) is 0.488. The van der Waals surface area contributed by atoms with Gasteiger partial charge in [-0.15, -0.1) is 16.4 Å². The zero-order chi connectivity index (χ0) is 13.0. The SMILES string of the molecule is COC[C@@H](C)NC(=O)c1sccc1-n1cnnn1. The number of nitrogens with zero attached hydrogens (tertiary/aromatic N) is 4. The second kappa shape index (κ2) is 5.69. The van der Waals surface area contributed by atoms with Crippen LogP contribution in [0.4, 0.5) is 0 Å². The third kappa shape index (κ3) is 2.71. The van der Waals surface area contributed by atoms with Crippen molar-refractivity contribution >= 4 is 17.2 Å². The average Bonchev–Trinajstić information content (AvgIpc) is 3.00. The third-order valence-corrected chi connectivity index (χ3v) is 3.14. The topological polar surface area (TPSA) is 81.9 Å². The van der Waals surface area contributed by atoms with Crippen molar-refractivity contribution in [3.8, 4) is 5.69 Å². The lowest BCUT2D eigenvalue weighted by molar-refractivity contribution is 0.0909. The van der Waals surface area contributed by atoms with E-state index in [0.717, 1.165) is 0 Å². The molecule has 0 unspecified atom stereocenters. The minimum Gasteiger partial charge on any atom is -0.383 e. The van der Waals surface area contributed by atoms with E-state index in [9.17, 15) is 4.79 Å². The molecule has 0 saturated heterocycles. The monoisotopic (exact) mass is 267 g/mol. The molecule has 0 aliphatic rings. The predicted molar refractivity (Wildman–Crippen MR) is 65.8 cm³/mol. The van der Waals surface area contributed by atoms with E-state index < -0.39 is 0 Å². The van der Waals surface area contributed by atoms with E-state index >= 15 is 0 Å². The van der Waals surface area contributed by atoms with Crippen LogP contribution in [0.3, 0.4) is 0 Å². The van der Waals surface area contributed by atoms with Gasteiger partial charge in [0.1, 0.15) is 11.2 Å². The number of nitrogens with one attached hydrogen (secondary N) is 1. The van der Waals surface area contributed by atoms with E-state index in [1.807, 2.05) is 12.3 Å². The van der Waals surface area contributed by atoms with Gasteiger partial charge in [-0.3, -0.25) is 4.79 Å². The number of methoxy groups -OCH3 is 1. The fourth-order valence-corrected chi connectivity index (χ4v) is 2.29. The Hall–Kier alpha value is -1.80. The Morgan fingerprint density at radius 2 is 2.50 bits per heavy atom. The quantitative estimate of drug-likeness (QED) is 0.852. The van der Waals surface area contributed by atoms with Crippen molar-refractivity contribution in [1.82, 2.24) is 25.5 Å². The van der Waals surface area contributed by atoms with Crippen LogP contribution in [0.15, 0.2) is 17.8 Å². The van der Waals surface area contributed by atoms with Crippen molar-refractivity contribution in [2.45, 2.75) is 13.0 Å². The third-order valence-electron chi connectivity index (χ3n) is 2.24. The molecule has 0 aromatic carbocycles. The minimum absolute atomic E-state index is 0.0497. The summed E-state index contributed by atoms with van der Waals surface area (Å²) in [7, 11) is 1.60. The summed E-state index contributed by atoms with van der Waals surface area (Å²) in [5, 5.41) is 15.6. The molecule has 0 spiro atoms. The summed E-state index contributed by atoms with van der Waals surface area (Å²) in [5.41, 5.74) is 0.673. The highest BCUT2D eigenvalue weighted by Crippen LogP contribution is 2.19. The number of aromatic nitrogens is 4. The maximum absolute atomic E-state index is 12.1. The van der Waals surface area contributed by atoms with Crippen LogP contribution < -0.4 is 5.32 Å². The average molecular weight is 267 g/mol. The fourth-order valence-electron chi connectivity index (χ4n) is 1.51. The molecule has 2 heterocycles. The Labute approximate surface area is 108 Å². The van der Waals surface area contributed by atoms with Crippen molar-refractivity contribution in [3.63, 3.8) is 0 Å². The van der Waals surface area contributed by atoms with Crippen molar-refractivity contribution in [2.24, 2.45) is 0 Å². The molecule has 0 aliphatic heterocycles. The summed E-state index contributed by atoms with van der Waals surface area (Å²) in [6.07, 6.45) is 1.46. The highest BCUT2D eigenvalue weighted by Gasteiger charge is 2.17. The molecule has 18 heavy (non-hydrogen) atoms. The van der Waals surface area contributed by atoms with Crippen LogP contribution in [0.2, 0.25) is 0 Å². The van der Waals surface area contributed by atoms with Crippen LogP contribution in [0.25, 0.3) is 5.69 Å². The lowest BCUT2D eigenvalue weighted by Crippen LogP contribution is -2.35. The zero-order valence-corrected chi connectivity index (χ0v) is 10.8. The molecule has 1 N–H and O–H groups in total. The molecule has 96 valence electrons. The zero-order valence-electron chi connectivity index (χ0n) is 10.0. The molecule has 2 aromatic heterocycles. The molecule has 2 aromatic rings. The van der Waals surface area contributed by atoms with Crippen LogP contribution in [0.1, 0.15) is 16.6 Å². The van der Waals surface area contributed by atoms with Crippen molar-refractivity contribution < 1.29 is 9.53 Å². The number of rotatable bonds is 5. The highest BCUT2D eigenvalue weighted by atomic mass is 32.1. The van der Waals surface area contributed by atoms with Crippen molar-refractivity contribution in [3.05, 3.63) is 22.7 Å². The van der Waals surface area contributed by atoms with E-state index in [2.05, 4.69) is 20.8 Å².